The Morgan fingerprint density at radius 1 is 1.03 bits per heavy atom. The van der Waals surface area contributed by atoms with Crippen LogP contribution >= 0.6 is 0 Å². The van der Waals surface area contributed by atoms with Crippen molar-refractivity contribution in [2.75, 3.05) is 31.6 Å². The van der Waals surface area contributed by atoms with Crippen LogP contribution in [-0.2, 0) is 4.79 Å². The molecule has 1 saturated carbocycles. The highest BCUT2D eigenvalue weighted by Crippen LogP contribution is 2.36. The maximum Gasteiger partial charge on any atom is 0.255 e. The number of hydrogen-bond donors (Lipinski definition) is 1. The average molecular weight is 407 g/mol. The number of nitrogens with zero attached hydrogens (tertiary/aromatic N) is 1. The van der Waals surface area contributed by atoms with Gasteiger partial charge in [0, 0.05) is 30.6 Å². The van der Waals surface area contributed by atoms with E-state index in [0.29, 0.717) is 30.8 Å². The maximum atomic E-state index is 12.8. The van der Waals surface area contributed by atoms with E-state index < -0.39 is 0 Å². The van der Waals surface area contributed by atoms with Crippen molar-refractivity contribution >= 4 is 17.4 Å². The number of carbonyl (C=O) groups excluding carboxylic acids is 2. The van der Waals surface area contributed by atoms with E-state index in [1.165, 1.54) is 32.4 Å². The molecule has 1 atom stereocenters. The Bertz CT molecular complexity index is 872. The van der Waals surface area contributed by atoms with Crippen LogP contribution in [0.3, 0.4) is 0 Å². The average Bonchev–Trinajstić information content (AvgIpc) is 3.21. The van der Waals surface area contributed by atoms with E-state index >= 15 is 0 Å². The first-order chi connectivity index (χ1) is 14.7. The van der Waals surface area contributed by atoms with E-state index in [2.05, 4.69) is 10.2 Å². The first kappa shape index (κ1) is 20.6. The SMILES string of the molecule is O=C1CCC(c2ccccc2NC(=O)c2ccc(OCCN3CCCCC3)cc2)C1. The first-order valence-electron chi connectivity index (χ1n) is 11.1. The molecule has 5 nitrogen and oxygen atoms in total. The standard InChI is InChI=1S/C25H30N2O3/c28-21-11-8-20(18-21)23-6-2-3-7-24(23)26-25(29)19-9-12-22(13-10-19)30-17-16-27-14-4-1-5-15-27/h2-3,6-7,9-10,12-13,20H,1,4-5,8,11,14-18H2,(H,26,29). The van der Waals surface area contributed by atoms with Gasteiger partial charge < -0.3 is 10.1 Å². The highest BCUT2D eigenvalue weighted by molar-refractivity contribution is 6.04. The monoisotopic (exact) mass is 406 g/mol. The van der Waals surface area contributed by atoms with Crippen molar-refractivity contribution in [2.45, 2.75) is 44.4 Å². The Labute approximate surface area is 178 Å². The molecule has 4 rings (SSSR count). The Morgan fingerprint density at radius 2 is 1.80 bits per heavy atom. The quantitative estimate of drug-likeness (QED) is 0.728. The number of para-hydroxylation sites is 1. The molecule has 1 unspecified atom stereocenters. The number of amides is 1. The second-order valence-corrected chi connectivity index (χ2v) is 8.29. The molecule has 1 saturated heterocycles. The summed E-state index contributed by atoms with van der Waals surface area (Å²) in [7, 11) is 0. The van der Waals surface area contributed by atoms with Gasteiger partial charge in [-0.05, 0) is 74.2 Å². The van der Waals surface area contributed by atoms with E-state index in [1.54, 1.807) is 12.1 Å². The van der Waals surface area contributed by atoms with Gasteiger partial charge in [-0.1, -0.05) is 24.6 Å². The number of ether oxygens (including phenoxy) is 1. The molecule has 1 heterocycles. The fraction of sp³-hybridized carbons (Fsp3) is 0.440. The topological polar surface area (TPSA) is 58.6 Å². The lowest BCUT2D eigenvalue weighted by Gasteiger charge is -2.26. The second kappa shape index (κ2) is 9.90. The van der Waals surface area contributed by atoms with Gasteiger partial charge in [0.15, 0.2) is 0 Å². The van der Waals surface area contributed by atoms with Crippen molar-refractivity contribution in [1.82, 2.24) is 4.90 Å². The van der Waals surface area contributed by atoms with Crippen LogP contribution in [0.2, 0.25) is 0 Å². The summed E-state index contributed by atoms with van der Waals surface area (Å²) in [4.78, 5) is 26.9. The number of piperidine rings is 1. The van der Waals surface area contributed by atoms with Crippen molar-refractivity contribution in [1.29, 1.82) is 0 Å². The molecule has 1 amide bonds. The molecular weight excluding hydrogens is 376 g/mol. The van der Waals surface area contributed by atoms with Gasteiger partial charge in [0.25, 0.3) is 5.91 Å². The van der Waals surface area contributed by atoms with E-state index in [0.717, 1.165) is 30.0 Å². The largest absolute Gasteiger partial charge is 0.492 e. The molecule has 0 aromatic heterocycles. The summed E-state index contributed by atoms with van der Waals surface area (Å²) < 4.78 is 5.85. The molecule has 2 aliphatic rings. The van der Waals surface area contributed by atoms with Gasteiger partial charge in [-0.2, -0.15) is 0 Å². The van der Waals surface area contributed by atoms with Gasteiger partial charge in [0.1, 0.15) is 18.1 Å². The molecule has 2 fully saturated rings. The van der Waals surface area contributed by atoms with E-state index in [-0.39, 0.29) is 11.8 Å². The molecule has 1 aliphatic carbocycles. The molecule has 5 heteroatoms. The third kappa shape index (κ3) is 5.28. The predicted octanol–water partition coefficient (Wildman–Crippen LogP) is 4.64. The smallest absolute Gasteiger partial charge is 0.255 e. The van der Waals surface area contributed by atoms with Crippen LogP contribution < -0.4 is 10.1 Å². The predicted molar refractivity (Wildman–Crippen MR) is 118 cm³/mol. The van der Waals surface area contributed by atoms with Crippen LogP contribution in [0, 0.1) is 0 Å². The summed E-state index contributed by atoms with van der Waals surface area (Å²) in [6.45, 7) is 3.94. The van der Waals surface area contributed by atoms with Crippen molar-refractivity contribution in [2.24, 2.45) is 0 Å². The molecule has 2 aromatic rings. The minimum absolute atomic E-state index is 0.147. The van der Waals surface area contributed by atoms with Crippen molar-refractivity contribution in [3.05, 3.63) is 59.7 Å². The zero-order valence-corrected chi connectivity index (χ0v) is 17.4. The van der Waals surface area contributed by atoms with E-state index in [1.807, 2.05) is 36.4 Å². The highest BCUT2D eigenvalue weighted by atomic mass is 16.5. The number of benzene rings is 2. The second-order valence-electron chi connectivity index (χ2n) is 8.29. The number of hydrogen-bond acceptors (Lipinski definition) is 4. The van der Waals surface area contributed by atoms with Crippen LogP contribution in [0.5, 0.6) is 5.75 Å². The van der Waals surface area contributed by atoms with Crippen LogP contribution in [0.4, 0.5) is 5.69 Å². The van der Waals surface area contributed by atoms with Crippen LogP contribution in [0.15, 0.2) is 48.5 Å². The number of ketones is 1. The van der Waals surface area contributed by atoms with Crippen LogP contribution in [0.1, 0.15) is 60.4 Å². The Kier molecular flexibility index (Phi) is 6.80. The number of Topliss-reactive ketones (excluding diaryl/α,β-unsaturated/α-hetero) is 1. The third-order valence-corrected chi connectivity index (χ3v) is 6.14. The fourth-order valence-electron chi connectivity index (χ4n) is 4.42. The number of carbonyl (C=O) groups is 2. The van der Waals surface area contributed by atoms with Crippen LogP contribution in [-0.4, -0.2) is 42.8 Å². The zero-order chi connectivity index (χ0) is 20.8. The Morgan fingerprint density at radius 3 is 2.53 bits per heavy atom. The maximum absolute atomic E-state index is 12.8. The van der Waals surface area contributed by atoms with Crippen molar-refractivity contribution < 1.29 is 14.3 Å². The minimum atomic E-state index is -0.147. The molecule has 30 heavy (non-hydrogen) atoms. The van der Waals surface area contributed by atoms with Crippen molar-refractivity contribution in [3.8, 4) is 5.75 Å². The number of anilines is 1. The third-order valence-electron chi connectivity index (χ3n) is 6.14. The molecule has 2 aromatic carbocycles. The summed E-state index contributed by atoms with van der Waals surface area (Å²) in [6.07, 6.45) is 5.95. The zero-order valence-electron chi connectivity index (χ0n) is 17.4. The number of likely N-dealkylation sites (tertiary alicyclic amines) is 1. The lowest BCUT2D eigenvalue weighted by atomic mass is 9.95. The Balaban J connectivity index is 1.32. The number of rotatable bonds is 7. The molecule has 0 bridgehead atoms. The van der Waals surface area contributed by atoms with E-state index in [4.69, 9.17) is 4.74 Å². The summed E-state index contributed by atoms with van der Waals surface area (Å²) in [5, 5.41) is 3.03. The fourth-order valence-corrected chi connectivity index (χ4v) is 4.42. The van der Waals surface area contributed by atoms with Gasteiger partial charge in [-0.3, -0.25) is 14.5 Å². The van der Waals surface area contributed by atoms with Crippen molar-refractivity contribution in [3.63, 3.8) is 0 Å². The minimum Gasteiger partial charge on any atom is -0.492 e. The molecule has 1 N–H and O–H groups in total. The van der Waals surface area contributed by atoms with Gasteiger partial charge >= 0.3 is 0 Å². The summed E-state index contributed by atoms with van der Waals surface area (Å²) in [5.74, 6) is 1.14. The molecule has 1 aliphatic heterocycles. The molecule has 158 valence electrons. The molecular formula is C25H30N2O3. The highest BCUT2D eigenvalue weighted by Gasteiger charge is 2.25. The van der Waals surface area contributed by atoms with Gasteiger partial charge in [-0.25, -0.2) is 0 Å². The lowest BCUT2D eigenvalue weighted by Crippen LogP contribution is -2.33. The normalized spacial score (nSPS) is 19.6. The summed E-state index contributed by atoms with van der Waals surface area (Å²) >= 11 is 0. The number of nitrogens with one attached hydrogen (secondary N) is 1. The van der Waals surface area contributed by atoms with Crippen LogP contribution in [0.25, 0.3) is 0 Å². The van der Waals surface area contributed by atoms with Gasteiger partial charge in [0.05, 0.1) is 0 Å². The van der Waals surface area contributed by atoms with Gasteiger partial charge in [0.2, 0.25) is 0 Å². The first-order valence-corrected chi connectivity index (χ1v) is 11.1. The Hall–Kier alpha value is -2.66. The lowest BCUT2D eigenvalue weighted by molar-refractivity contribution is -0.117. The van der Waals surface area contributed by atoms with E-state index in [9.17, 15) is 9.59 Å². The van der Waals surface area contributed by atoms with Gasteiger partial charge in [-0.15, -0.1) is 0 Å². The summed E-state index contributed by atoms with van der Waals surface area (Å²) in [5.41, 5.74) is 2.44. The molecule has 0 spiro atoms. The molecule has 0 radical (unpaired) electrons. The summed E-state index contributed by atoms with van der Waals surface area (Å²) in [6, 6.07) is 15.1.